The van der Waals surface area contributed by atoms with E-state index < -0.39 is 0 Å². The van der Waals surface area contributed by atoms with Crippen molar-refractivity contribution in [3.05, 3.63) is 64.6 Å². The molecule has 1 aliphatic rings. The van der Waals surface area contributed by atoms with E-state index in [9.17, 15) is 9.59 Å². The Balaban J connectivity index is 1.62. The number of aromatic nitrogens is 1. The fourth-order valence-corrected chi connectivity index (χ4v) is 3.91. The summed E-state index contributed by atoms with van der Waals surface area (Å²) in [5.41, 5.74) is 0.934. The number of nitrogens with zero attached hydrogens (tertiary/aromatic N) is 1. The Morgan fingerprint density at radius 3 is 2.45 bits per heavy atom. The van der Waals surface area contributed by atoms with Crippen molar-refractivity contribution in [3.8, 4) is 11.5 Å². The number of amides is 1. The zero-order valence-electron chi connectivity index (χ0n) is 17.7. The van der Waals surface area contributed by atoms with Gasteiger partial charge in [-0.3, -0.25) is 9.59 Å². The minimum atomic E-state index is -0.309. The molecule has 0 spiro atoms. The second-order valence-electron chi connectivity index (χ2n) is 7.65. The monoisotopic (exact) mass is 422 g/mol. The molecule has 1 aliphatic heterocycles. The number of benzene rings is 2. The minimum absolute atomic E-state index is 0.0526. The molecule has 1 aromatic heterocycles. The molecule has 0 saturated carbocycles. The van der Waals surface area contributed by atoms with Gasteiger partial charge >= 0.3 is 0 Å². The zero-order chi connectivity index (χ0) is 21.8. The van der Waals surface area contributed by atoms with Gasteiger partial charge in [0.15, 0.2) is 0 Å². The molecule has 4 rings (SSSR count). The topological polar surface area (TPSA) is 78.8 Å². The van der Waals surface area contributed by atoms with Crippen LogP contribution in [0.4, 0.5) is 5.69 Å². The largest absolute Gasteiger partial charge is 0.497 e. The molecule has 31 heavy (non-hydrogen) atoms. The van der Waals surface area contributed by atoms with E-state index >= 15 is 0 Å². The molecule has 3 aromatic rings. The quantitative estimate of drug-likeness (QED) is 0.655. The SMILES string of the molecule is COc1cc(OC)cc(C(=O)Nc2cccc3c(=O)n(CC4CCOCC4)ccc23)c1. The lowest BCUT2D eigenvalue weighted by atomic mass is 10.00. The fraction of sp³-hybridized carbons (Fsp3) is 0.333. The van der Waals surface area contributed by atoms with Gasteiger partial charge in [-0.25, -0.2) is 0 Å². The van der Waals surface area contributed by atoms with Crippen LogP contribution in [0, 0.1) is 5.92 Å². The van der Waals surface area contributed by atoms with Crippen molar-refractivity contribution in [2.45, 2.75) is 19.4 Å². The molecule has 7 nitrogen and oxygen atoms in total. The van der Waals surface area contributed by atoms with Crippen LogP contribution in [0.5, 0.6) is 11.5 Å². The number of fused-ring (bicyclic) bond motifs is 1. The van der Waals surface area contributed by atoms with Gasteiger partial charge in [0.2, 0.25) is 0 Å². The third kappa shape index (κ3) is 4.56. The first-order valence-electron chi connectivity index (χ1n) is 10.3. The van der Waals surface area contributed by atoms with Gasteiger partial charge in [0.05, 0.1) is 14.2 Å². The average molecular weight is 422 g/mol. The number of pyridine rings is 1. The number of methoxy groups -OCH3 is 2. The third-order valence-electron chi connectivity index (χ3n) is 5.68. The Morgan fingerprint density at radius 2 is 1.77 bits per heavy atom. The van der Waals surface area contributed by atoms with E-state index in [4.69, 9.17) is 14.2 Å². The molecule has 1 saturated heterocycles. The third-order valence-corrected chi connectivity index (χ3v) is 5.68. The van der Waals surface area contributed by atoms with E-state index in [1.807, 2.05) is 12.3 Å². The van der Waals surface area contributed by atoms with Crippen LogP contribution in [0.25, 0.3) is 10.8 Å². The van der Waals surface area contributed by atoms with Gasteiger partial charge < -0.3 is 24.1 Å². The molecule has 7 heteroatoms. The maximum absolute atomic E-state index is 13.1. The predicted molar refractivity (Wildman–Crippen MR) is 119 cm³/mol. The average Bonchev–Trinajstić information content (AvgIpc) is 2.81. The van der Waals surface area contributed by atoms with E-state index in [2.05, 4.69) is 5.32 Å². The van der Waals surface area contributed by atoms with Crippen molar-refractivity contribution in [1.82, 2.24) is 4.57 Å². The Kier molecular flexibility index (Phi) is 6.23. The Morgan fingerprint density at radius 1 is 1.06 bits per heavy atom. The molecule has 0 atom stereocenters. The van der Waals surface area contributed by atoms with E-state index in [-0.39, 0.29) is 11.5 Å². The van der Waals surface area contributed by atoms with Crippen molar-refractivity contribution >= 4 is 22.4 Å². The molecular weight excluding hydrogens is 396 g/mol. The molecule has 1 N–H and O–H groups in total. The molecular formula is C24H26N2O5. The van der Waals surface area contributed by atoms with Gasteiger partial charge in [-0.05, 0) is 49.1 Å². The normalized spacial score (nSPS) is 14.4. The van der Waals surface area contributed by atoms with Gasteiger partial charge in [0, 0.05) is 54.0 Å². The first-order chi connectivity index (χ1) is 15.1. The Labute approximate surface area is 180 Å². The van der Waals surface area contributed by atoms with Crippen LogP contribution < -0.4 is 20.3 Å². The number of hydrogen-bond donors (Lipinski definition) is 1. The van der Waals surface area contributed by atoms with Crippen LogP contribution in [-0.2, 0) is 11.3 Å². The minimum Gasteiger partial charge on any atom is -0.497 e. The lowest BCUT2D eigenvalue weighted by Crippen LogP contribution is -2.27. The summed E-state index contributed by atoms with van der Waals surface area (Å²) < 4.78 is 17.7. The van der Waals surface area contributed by atoms with Gasteiger partial charge in [-0.1, -0.05) is 6.07 Å². The highest BCUT2D eigenvalue weighted by Crippen LogP contribution is 2.26. The summed E-state index contributed by atoms with van der Waals surface area (Å²) in [6, 6.07) is 12.2. The highest BCUT2D eigenvalue weighted by atomic mass is 16.5. The second-order valence-corrected chi connectivity index (χ2v) is 7.65. The first kappa shape index (κ1) is 20.9. The summed E-state index contributed by atoms with van der Waals surface area (Å²) in [5.74, 6) is 1.18. The summed E-state index contributed by atoms with van der Waals surface area (Å²) in [5, 5.41) is 4.20. The van der Waals surface area contributed by atoms with Gasteiger partial charge in [0.25, 0.3) is 11.5 Å². The smallest absolute Gasteiger partial charge is 0.258 e. The molecule has 2 heterocycles. The maximum Gasteiger partial charge on any atom is 0.258 e. The molecule has 162 valence electrons. The first-order valence-corrected chi connectivity index (χ1v) is 10.3. The van der Waals surface area contributed by atoms with Crippen LogP contribution in [-0.4, -0.2) is 37.9 Å². The molecule has 0 bridgehead atoms. The van der Waals surface area contributed by atoms with Crippen LogP contribution in [0.2, 0.25) is 0 Å². The van der Waals surface area contributed by atoms with Crippen molar-refractivity contribution in [3.63, 3.8) is 0 Å². The zero-order valence-corrected chi connectivity index (χ0v) is 17.7. The molecule has 0 unspecified atom stereocenters. The number of anilines is 1. The second kappa shape index (κ2) is 9.22. The lowest BCUT2D eigenvalue weighted by Gasteiger charge is -2.23. The summed E-state index contributed by atoms with van der Waals surface area (Å²) in [4.78, 5) is 26.0. The number of nitrogens with one attached hydrogen (secondary N) is 1. The lowest BCUT2D eigenvalue weighted by molar-refractivity contribution is 0.0610. The van der Waals surface area contributed by atoms with E-state index in [0.717, 1.165) is 26.1 Å². The number of hydrogen-bond acceptors (Lipinski definition) is 5. The summed E-state index contributed by atoms with van der Waals surface area (Å²) in [6.45, 7) is 2.18. The van der Waals surface area contributed by atoms with Crippen molar-refractivity contribution < 1.29 is 19.0 Å². The fourth-order valence-electron chi connectivity index (χ4n) is 3.91. The number of rotatable bonds is 6. The number of carbonyl (C=O) groups is 1. The van der Waals surface area contributed by atoms with Gasteiger partial charge in [-0.15, -0.1) is 0 Å². The number of carbonyl (C=O) groups excluding carboxylic acids is 1. The highest BCUT2D eigenvalue weighted by Gasteiger charge is 2.17. The van der Waals surface area contributed by atoms with Crippen molar-refractivity contribution in [2.75, 3.05) is 32.8 Å². The van der Waals surface area contributed by atoms with E-state index in [1.165, 1.54) is 14.2 Å². The van der Waals surface area contributed by atoms with Gasteiger partial charge in [0.1, 0.15) is 11.5 Å². The maximum atomic E-state index is 13.1. The summed E-state index contributed by atoms with van der Waals surface area (Å²) >= 11 is 0. The van der Waals surface area contributed by atoms with E-state index in [1.54, 1.807) is 41.0 Å². The van der Waals surface area contributed by atoms with Crippen molar-refractivity contribution in [2.24, 2.45) is 5.92 Å². The Hall–Kier alpha value is -3.32. The standard InChI is InChI=1S/C24H26N2O5/c1-29-18-12-17(13-19(14-18)30-2)23(27)25-22-5-3-4-21-20(22)6-9-26(24(21)28)15-16-7-10-31-11-8-16/h3-6,9,12-14,16H,7-8,10-11,15H2,1-2H3,(H,25,27). The molecule has 1 amide bonds. The highest BCUT2D eigenvalue weighted by molar-refractivity contribution is 6.09. The van der Waals surface area contributed by atoms with Crippen LogP contribution in [0.3, 0.4) is 0 Å². The molecule has 1 fully saturated rings. The molecule has 2 aromatic carbocycles. The molecule has 0 aliphatic carbocycles. The van der Waals surface area contributed by atoms with Crippen LogP contribution in [0.1, 0.15) is 23.2 Å². The van der Waals surface area contributed by atoms with Gasteiger partial charge in [-0.2, -0.15) is 0 Å². The summed E-state index contributed by atoms with van der Waals surface area (Å²) in [6.07, 6.45) is 3.74. The molecule has 0 radical (unpaired) electrons. The number of ether oxygens (including phenoxy) is 3. The van der Waals surface area contributed by atoms with Crippen LogP contribution in [0.15, 0.2) is 53.5 Å². The Bertz CT molecular complexity index is 1130. The summed E-state index contributed by atoms with van der Waals surface area (Å²) in [7, 11) is 3.07. The predicted octanol–water partition coefficient (Wildman–Crippen LogP) is 3.70. The van der Waals surface area contributed by atoms with E-state index in [0.29, 0.717) is 46.0 Å². The van der Waals surface area contributed by atoms with Crippen LogP contribution >= 0.6 is 0 Å². The van der Waals surface area contributed by atoms with Crippen molar-refractivity contribution in [1.29, 1.82) is 0 Å².